The van der Waals surface area contributed by atoms with Crippen molar-refractivity contribution in [1.82, 2.24) is 15.1 Å². The number of amides is 1. The van der Waals surface area contributed by atoms with E-state index in [1.807, 2.05) is 28.9 Å². The molecule has 2 atom stereocenters. The van der Waals surface area contributed by atoms with Gasteiger partial charge in [0.05, 0.1) is 29.4 Å². The molecule has 2 saturated carbocycles. The van der Waals surface area contributed by atoms with Crippen molar-refractivity contribution >= 4 is 16.8 Å². The maximum Gasteiger partial charge on any atom is 0.251 e. The van der Waals surface area contributed by atoms with Crippen LogP contribution >= 0.6 is 0 Å². The Morgan fingerprint density at radius 3 is 2.48 bits per heavy atom. The fourth-order valence-electron chi connectivity index (χ4n) is 5.65. The van der Waals surface area contributed by atoms with E-state index in [2.05, 4.69) is 30.3 Å². The molecule has 6 heteroatoms. The topological polar surface area (TPSA) is 87.8 Å². The van der Waals surface area contributed by atoms with Gasteiger partial charge in [-0.3, -0.25) is 14.3 Å². The summed E-state index contributed by atoms with van der Waals surface area (Å²) in [6.45, 7) is 4.19. The highest BCUT2D eigenvalue weighted by Crippen LogP contribution is 2.64. The molecule has 2 fully saturated rings. The Balaban J connectivity index is 1.28. The van der Waals surface area contributed by atoms with Crippen molar-refractivity contribution in [2.45, 2.75) is 38.3 Å². The van der Waals surface area contributed by atoms with Crippen molar-refractivity contribution in [1.29, 1.82) is 5.26 Å². The van der Waals surface area contributed by atoms with Crippen molar-refractivity contribution in [2.75, 3.05) is 0 Å². The second kappa shape index (κ2) is 7.05. The lowest BCUT2D eigenvalue weighted by molar-refractivity contribution is 0.0894. The van der Waals surface area contributed by atoms with Gasteiger partial charge < -0.3 is 5.32 Å². The standard InChI is InChI=1S/C25H24N4O2/c1-25(2,28-24(31)16-9-7-15(13-26)8-10-16)23-19-11-17(12-20(19)23)29-21-6-4-3-5-18(21)22(30)14-27-29/h3-10,14,17,19-20,23H,11-12H2,1-2H3,(H,28,31). The summed E-state index contributed by atoms with van der Waals surface area (Å²) in [5, 5.41) is 17.3. The van der Waals surface area contributed by atoms with Crippen LogP contribution in [0.25, 0.3) is 10.9 Å². The van der Waals surface area contributed by atoms with E-state index < -0.39 is 0 Å². The molecule has 0 saturated heterocycles. The molecule has 2 aromatic carbocycles. The minimum atomic E-state index is -0.315. The largest absolute Gasteiger partial charge is 0.347 e. The van der Waals surface area contributed by atoms with Crippen LogP contribution in [0.5, 0.6) is 0 Å². The smallest absolute Gasteiger partial charge is 0.251 e. The van der Waals surface area contributed by atoms with Crippen LogP contribution in [0.2, 0.25) is 0 Å². The molecule has 1 N–H and O–H groups in total. The summed E-state index contributed by atoms with van der Waals surface area (Å²) in [4.78, 5) is 24.9. The van der Waals surface area contributed by atoms with Gasteiger partial charge in [0.1, 0.15) is 0 Å². The zero-order chi connectivity index (χ0) is 21.8. The molecular formula is C25H24N4O2. The summed E-state index contributed by atoms with van der Waals surface area (Å²) in [5.74, 6) is 1.41. The monoisotopic (exact) mass is 412 g/mol. The number of fused-ring (bicyclic) bond motifs is 2. The van der Waals surface area contributed by atoms with Gasteiger partial charge in [-0.15, -0.1) is 0 Å². The molecule has 2 aliphatic carbocycles. The van der Waals surface area contributed by atoms with Gasteiger partial charge in [-0.25, -0.2) is 0 Å². The van der Waals surface area contributed by atoms with Crippen LogP contribution in [-0.4, -0.2) is 21.2 Å². The summed E-state index contributed by atoms with van der Waals surface area (Å²) in [6, 6.07) is 16.7. The Morgan fingerprint density at radius 2 is 1.81 bits per heavy atom. The molecule has 1 amide bonds. The third-order valence-corrected chi connectivity index (χ3v) is 7.03. The third kappa shape index (κ3) is 3.31. The third-order valence-electron chi connectivity index (χ3n) is 7.03. The minimum Gasteiger partial charge on any atom is -0.347 e. The van der Waals surface area contributed by atoms with Gasteiger partial charge in [0, 0.05) is 16.5 Å². The van der Waals surface area contributed by atoms with Crippen LogP contribution in [0.4, 0.5) is 0 Å². The zero-order valence-corrected chi connectivity index (χ0v) is 17.6. The van der Waals surface area contributed by atoms with Crippen LogP contribution < -0.4 is 10.7 Å². The van der Waals surface area contributed by atoms with Gasteiger partial charge >= 0.3 is 0 Å². The van der Waals surface area contributed by atoms with Crippen LogP contribution in [0.1, 0.15) is 48.7 Å². The number of benzene rings is 2. The molecule has 0 aliphatic heterocycles. The van der Waals surface area contributed by atoms with Gasteiger partial charge in [0.2, 0.25) is 5.43 Å². The van der Waals surface area contributed by atoms with Crippen LogP contribution in [0.15, 0.2) is 59.5 Å². The van der Waals surface area contributed by atoms with Gasteiger partial charge in [-0.05, 0) is 80.8 Å². The number of nitrogens with zero attached hydrogens (tertiary/aromatic N) is 3. The van der Waals surface area contributed by atoms with E-state index in [9.17, 15) is 9.59 Å². The molecule has 31 heavy (non-hydrogen) atoms. The first-order chi connectivity index (χ1) is 14.9. The Kier molecular flexibility index (Phi) is 4.44. The minimum absolute atomic E-state index is 0.0421. The summed E-state index contributed by atoms with van der Waals surface area (Å²) in [5.41, 5.74) is 1.65. The molecule has 1 aromatic heterocycles. The number of hydrogen-bond acceptors (Lipinski definition) is 4. The normalized spacial score (nSPS) is 24.4. The van der Waals surface area contributed by atoms with E-state index >= 15 is 0 Å². The highest BCUT2D eigenvalue weighted by Gasteiger charge is 2.62. The number of nitrogens with one attached hydrogen (secondary N) is 1. The predicted octanol–water partition coefficient (Wildman–Crippen LogP) is 3.67. The molecule has 3 aromatic rings. The Hall–Kier alpha value is -3.46. The number of carbonyl (C=O) groups is 1. The van der Waals surface area contributed by atoms with E-state index in [-0.39, 0.29) is 22.9 Å². The number of rotatable bonds is 4. The predicted molar refractivity (Wildman–Crippen MR) is 117 cm³/mol. The lowest BCUT2D eigenvalue weighted by Crippen LogP contribution is -2.46. The van der Waals surface area contributed by atoms with Crippen molar-refractivity contribution in [3.05, 3.63) is 76.1 Å². The van der Waals surface area contributed by atoms with E-state index in [4.69, 9.17) is 5.26 Å². The molecular weight excluding hydrogens is 388 g/mol. The van der Waals surface area contributed by atoms with Gasteiger partial charge in [-0.1, -0.05) is 12.1 Å². The second-order valence-corrected chi connectivity index (χ2v) is 9.31. The van der Waals surface area contributed by atoms with Crippen molar-refractivity contribution in [3.8, 4) is 6.07 Å². The highest BCUT2D eigenvalue weighted by molar-refractivity contribution is 5.94. The Labute approximate surface area is 180 Å². The fourth-order valence-corrected chi connectivity index (χ4v) is 5.65. The first-order valence-electron chi connectivity index (χ1n) is 10.7. The number of para-hydroxylation sites is 1. The molecule has 0 radical (unpaired) electrons. The van der Waals surface area contributed by atoms with Crippen molar-refractivity contribution in [3.63, 3.8) is 0 Å². The fraction of sp³-hybridized carbons (Fsp3) is 0.360. The summed E-state index contributed by atoms with van der Waals surface area (Å²) >= 11 is 0. The molecule has 6 nitrogen and oxygen atoms in total. The van der Waals surface area contributed by atoms with Gasteiger partial charge in [0.15, 0.2) is 0 Å². The maximum absolute atomic E-state index is 12.7. The number of nitriles is 1. The van der Waals surface area contributed by atoms with E-state index in [0.717, 1.165) is 18.4 Å². The number of aromatic nitrogens is 2. The Bertz CT molecular complexity index is 1260. The van der Waals surface area contributed by atoms with Gasteiger partial charge in [0.25, 0.3) is 5.91 Å². The number of carbonyl (C=O) groups excluding carboxylic acids is 1. The summed E-state index contributed by atoms with van der Waals surface area (Å²) in [6.07, 6.45) is 3.43. The van der Waals surface area contributed by atoms with Crippen molar-refractivity contribution in [2.24, 2.45) is 17.8 Å². The molecule has 156 valence electrons. The first-order valence-corrected chi connectivity index (χ1v) is 10.7. The molecule has 1 heterocycles. The molecule has 0 spiro atoms. The van der Waals surface area contributed by atoms with Crippen LogP contribution in [-0.2, 0) is 0 Å². The molecule has 2 unspecified atom stereocenters. The van der Waals surface area contributed by atoms with E-state index in [0.29, 0.717) is 34.3 Å². The molecule has 0 bridgehead atoms. The van der Waals surface area contributed by atoms with Crippen LogP contribution in [0, 0.1) is 29.1 Å². The maximum atomic E-state index is 12.7. The highest BCUT2D eigenvalue weighted by atomic mass is 16.1. The van der Waals surface area contributed by atoms with Gasteiger partial charge in [-0.2, -0.15) is 10.4 Å². The van der Waals surface area contributed by atoms with E-state index in [1.165, 1.54) is 6.20 Å². The quantitative estimate of drug-likeness (QED) is 0.708. The average Bonchev–Trinajstić information content (AvgIpc) is 3.31. The lowest BCUT2D eigenvalue weighted by Gasteiger charge is -2.30. The van der Waals surface area contributed by atoms with E-state index in [1.54, 1.807) is 24.3 Å². The first kappa shape index (κ1) is 19.5. The number of hydrogen-bond donors (Lipinski definition) is 1. The van der Waals surface area contributed by atoms with Crippen LogP contribution in [0.3, 0.4) is 0 Å². The summed E-state index contributed by atoms with van der Waals surface area (Å²) in [7, 11) is 0. The lowest BCUT2D eigenvalue weighted by atomic mass is 9.90. The zero-order valence-electron chi connectivity index (χ0n) is 17.6. The SMILES string of the molecule is CC(C)(NC(=O)c1ccc(C#N)cc1)C1C2CC(n3ncc(=O)c4ccccc43)CC21. The average molecular weight is 412 g/mol. The van der Waals surface area contributed by atoms with Crippen molar-refractivity contribution < 1.29 is 4.79 Å². The Morgan fingerprint density at radius 1 is 1.13 bits per heavy atom. The molecule has 5 rings (SSSR count). The summed E-state index contributed by atoms with van der Waals surface area (Å²) < 4.78 is 2.02. The molecule has 2 aliphatic rings. The second-order valence-electron chi connectivity index (χ2n) is 9.31.